The summed E-state index contributed by atoms with van der Waals surface area (Å²) < 4.78 is 2.25. The third-order valence-electron chi connectivity index (χ3n) is 6.20. The summed E-state index contributed by atoms with van der Waals surface area (Å²) >= 11 is 0. The average molecular weight is 368 g/mol. The highest BCUT2D eigenvalue weighted by atomic mass is 16.2. The van der Waals surface area contributed by atoms with Gasteiger partial charge in [-0.25, -0.2) is 4.98 Å². The Morgan fingerprint density at radius 2 is 1.93 bits per heavy atom. The summed E-state index contributed by atoms with van der Waals surface area (Å²) in [5, 5.41) is 2.82. The third kappa shape index (κ3) is 3.57. The zero-order valence-electron chi connectivity index (χ0n) is 16.2. The van der Waals surface area contributed by atoms with E-state index in [1.165, 1.54) is 16.6 Å². The Kier molecular flexibility index (Phi) is 4.89. The van der Waals surface area contributed by atoms with Gasteiger partial charge >= 0.3 is 0 Å². The molecule has 2 aliphatic heterocycles. The molecule has 1 aromatic carbocycles. The van der Waals surface area contributed by atoms with Crippen molar-refractivity contribution in [1.82, 2.24) is 19.8 Å². The molecule has 0 radical (unpaired) electrons. The number of hydrogen-bond donors (Lipinski definition) is 1. The Hall–Kier alpha value is -2.37. The number of amides is 2. The molecule has 2 fully saturated rings. The van der Waals surface area contributed by atoms with Gasteiger partial charge in [-0.15, -0.1) is 0 Å². The molecule has 0 saturated carbocycles. The Bertz CT molecular complexity index is 864. The van der Waals surface area contributed by atoms with Crippen LogP contribution in [0.15, 0.2) is 18.5 Å². The molecule has 6 heteroatoms. The average Bonchev–Trinajstić information content (AvgIpc) is 3.04. The number of nitrogens with one attached hydrogen (secondary N) is 1. The summed E-state index contributed by atoms with van der Waals surface area (Å²) in [6, 6.07) is 4.37. The van der Waals surface area contributed by atoms with E-state index in [1.807, 2.05) is 11.2 Å². The van der Waals surface area contributed by atoms with Crippen molar-refractivity contribution in [3.63, 3.8) is 0 Å². The van der Waals surface area contributed by atoms with Gasteiger partial charge in [-0.1, -0.05) is 0 Å². The minimum atomic E-state index is -0.473. The number of carbonyl (C=O) groups excluding carboxylic acids is 2. The normalized spacial score (nSPS) is 21.5. The van der Waals surface area contributed by atoms with Gasteiger partial charge < -0.3 is 14.8 Å². The SMILES string of the molecule is Cc1cc2ncn(CC3CCN(C(=O)C4CCCNC4=O)CC3)c2cc1C. The first-order valence-corrected chi connectivity index (χ1v) is 10.0. The number of nitrogens with zero attached hydrogens (tertiary/aromatic N) is 3. The Morgan fingerprint density at radius 1 is 1.19 bits per heavy atom. The fraction of sp³-hybridized carbons (Fsp3) is 0.571. The molecule has 0 aliphatic carbocycles. The van der Waals surface area contributed by atoms with Crippen LogP contribution in [-0.4, -0.2) is 45.9 Å². The number of benzene rings is 1. The molecule has 2 saturated heterocycles. The van der Waals surface area contributed by atoms with Gasteiger partial charge in [0.1, 0.15) is 5.92 Å². The van der Waals surface area contributed by atoms with Crippen LogP contribution < -0.4 is 5.32 Å². The van der Waals surface area contributed by atoms with Gasteiger partial charge in [0.15, 0.2) is 0 Å². The van der Waals surface area contributed by atoms with Crippen molar-refractivity contribution in [2.45, 2.75) is 46.1 Å². The van der Waals surface area contributed by atoms with E-state index < -0.39 is 5.92 Å². The Labute approximate surface area is 159 Å². The van der Waals surface area contributed by atoms with Crippen LogP contribution in [0.4, 0.5) is 0 Å². The van der Waals surface area contributed by atoms with Crippen molar-refractivity contribution >= 4 is 22.8 Å². The van der Waals surface area contributed by atoms with Crippen molar-refractivity contribution in [1.29, 1.82) is 0 Å². The predicted octanol–water partition coefficient (Wildman–Crippen LogP) is 2.42. The number of likely N-dealkylation sites (tertiary alicyclic amines) is 1. The lowest BCUT2D eigenvalue weighted by Crippen LogP contribution is -2.49. The summed E-state index contributed by atoms with van der Waals surface area (Å²) in [5.74, 6) is -0.0129. The van der Waals surface area contributed by atoms with Gasteiger partial charge in [0.05, 0.1) is 17.4 Å². The maximum absolute atomic E-state index is 12.7. The smallest absolute Gasteiger partial charge is 0.235 e. The van der Waals surface area contributed by atoms with E-state index in [9.17, 15) is 9.59 Å². The van der Waals surface area contributed by atoms with Crippen LogP contribution in [0.25, 0.3) is 11.0 Å². The summed E-state index contributed by atoms with van der Waals surface area (Å²) in [4.78, 5) is 31.1. The largest absolute Gasteiger partial charge is 0.355 e. The monoisotopic (exact) mass is 368 g/mol. The molecular formula is C21H28N4O2. The highest BCUT2D eigenvalue weighted by molar-refractivity contribution is 6.00. The maximum atomic E-state index is 12.7. The molecule has 2 amide bonds. The number of imidazole rings is 1. The van der Waals surface area contributed by atoms with E-state index in [0.29, 0.717) is 18.9 Å². The predicted molar refractivity (Wildman–Crippen MR) is 104 cm³/mol. The van der Waals surface area contributed by atoms with Crippen LogP contribution in [0.1, 0.15) is 36.8 Å². The summed E-state index contributed by atoms with van der Waals surface area (Å²) in [6.45, 7) is 7.38. The lowest BCUT2D eigenvalue weighted by molar-refractivity contribution is -0.144. The van der Waals surface area contributed by atoms with Gasteiger partial charge in [-0.05, 0) is 68.7 Å². The van der Waals surface area contributed by atoms with E-state index in [1.54, 1.807) is 0 Å². The number of carbonyl (C=O) groups is 2. The van der Waals surface area contributed by atoms with E-state index >= 15 is 0 Å². The van der Waals surface area contributed by atoms with Crippen LogP contribution >= 0.6 is 0 Å². The van der Waals surface area contributed by atoms with E-state index in [0.717, 1.165) is 44.4 Å². The standard InChI is InChI=1S/C21H28N4O2/c1-14-10-18-19(11-15(14)2)25(13-23-18)12-16-5-8-24(9-6-16)21(27)17-4-3-7-22-20(17)26/h10-11,13,16-17H,3-9,12H2,1-2H3,(H,22,26). The highest BCUT2D eigenvalue weighted by Crippen LogP contribution is 2.25. The van der Waals surface area contributed by atoms with Crippen LogP contribution in [0, 0.1) is 25.7 Å². The number of aryl methyl sites for hydroxylation is 2. The highest BCUT2D eigenvalue weighted by Gasteiger charge is 2.34. The van der Waals surface area contributed by atoms with Crippen LogP contribution in [0.5, 0.6) is 0 Å². The topological polar surface area (TPSA) is 67.2 Å². The molecule has 6 nitrogen and oxygen atoms in total. The molecule has 1 N–H and O–H groups in total. The van der Waals surface area contributed by atoms with Crippen LogP contribution in [0.2, 0.25) is 0 Å². The third-order valence-corrected chi connectivity index (χ3v) is 6.20. The first kappa shape index (κ1) is 18.0. The van der Waals surface area contributed by atoms with Crippen LogP contribution in [-0.2, 0) is 16.1 Å². The van der Waals surface area contributed by atoms with E-state index in [2.05, 4.69) is 40.8 Å². The molecule has 1 atom stereocenters. The van der Waals surface area contributed by atoms with Crippen LogP contribution in [0.3, 0.4) is 0 Å². The molecule has 4 rings (SSSR count). The molecule has 3 heterocycles. The lowest BCUT2D eigenvalue weighted by Gasteiger charge is -2.35. The number of piperidine rings is 2. The number of aromatic nitrogens is 2. The summed E-state index contributed by atoms with van der Waals surface area (Å²) in [7, 11) is 0. The molecule has 2 aromatic rings. The zero-order chi connectivity index (χ0) is 19.0. The fourth-order valence-corrected chi connectivity index (χ4v) is 4.30. The lowest BCUT2D eigenvalue weighted by atomic mass is 9.93. The molecule has 27 heavy (non-hydrogen) atoms. The van der Waals surface area contributed by atoms with Gasteiger partial charge in [-0.3, -0.25) is 9.59 Å². The van der Waals surface area contributed by atoms with Crippen molar-refractivity contribution in [3.05, 3.63) is 29.6 Å². The van der Waals surface area contributed by atoms with Crippen molar-refractivity contribution in [2.75, 3.05) is 19.6 Å². The molecule has 1 aromatic heterocycles. The minimum absolute atomic E-state index is 0.0184. The molecule has 0 spiro atoms. The van der Waals surface area contributed by atoms with Gasteiger partial charge in [0.25, 0.3) is 0 Å². The van der Waals surface area contributed by atoms with Crippen molar-refractivity contribution < 1.29 is 9.59 Å². The molecule has 0 bridgehead atoms. The minimum Gasteiger partial charge on any atom is -0.355 e. The fourth-order valence-electron chi connectivity index (χ4n) is 4.30. The second kappa shape index (κ2) is 7.33. The van der Waals surface area contributed by atoms with Crippen molar-refractivity contribution in [2.24, 2.45) is 11.8 Å². The second-order valence-corrected chi connectivity index (χ2v) is 8.08. The summed E-state index contributed by atoms with van der Waals surface area (Å²) in [6.07, 6.45) is 5.47. The second-order valence-electron chi connectivity index (χ2n) is 8.08. The number of rotatable bonds is 3. The number of hydrogen-bond acceptors (Lipinski definition) is 3. The quantitative estimate of drug-likeness (QED) is 0.846. The van der Waals surface area contributed by atoms with E-state index in [4.69, 9.17) is 0 Å². The van der Waals surface area contributed by atoms with Gasteiger partial charge in [0, 0.05) is 26.2 Å². The molecule has 2 aliphatic rings. The van der Waals surface area contributed by atoms with Gasteiger partial charge in [-0.2, -0.15) is 0 Å². The van der Waals surface area contributed by atoms with Gasteiger partial charge in [0.2, 0.25) is 11.8 Å². The number of fused-ring (bicyclic) bond motifs is 1. The van der Waals surface area contributed by atoms with E-state index in [-0.39, 0.29) is 11.8 Å². The molecule has 144 valence electrons. The van der Waals surface area contributed by atoms with Crippen molar-refractivity contribution in [3.8, 4) is 0 Å². The zero-order valence-corrected chi connectivity index (χ0v) is 16.2. The molecule has 1 unspecified atom stereocenters. The first-order chi connectivity index (χ1) is 13.0. The Balaban J connectivity index is 1.38. The maximum Gasteiger partial charge on any atom is 0.235 e. The first-order valence-electron chi connectivity index (χ1n) is 10.0. The summed E-state index contributed by atoms with van der Waals surface area (Å²) in [5.41, 5.74) is 4.80. The molecular weight excluding hydrogens is 340 g/mol. The Morgan fingerprint density at radius 3 is 2.67 bits per heavy atom.